The van der Waals surface area contributed by atoms with E-state index in [1.54, 1.807) is 6.92 Å². The summed E-state index contributed by atoms with van der Waals surface area (Å²) in [6.45, 7) is 2.37. The van der Waals surface area contributed by atoms with Crippen molar-refractivity contribution in [3.63, 3.8) is 0 Å². The lowest BCUT2D eigenvalue weighted by Crippen LogP contribution is -2.30. The number of H-pyrrole nitrogens is 1. The van der Waals surface area contributed by atoms with Crippen LogP contribution >= 0.6 is 11.8 Å². The molecular formula is C15H15N3O4S. The smallest absolute Gasteiger partial charge is 0.251 e. The number of carbonyl (C=O) groups excluding carboxylic acids is 1. The first-order chi connectivity index (χ1) is 11.1. The van der Waals surface area contributed by atoms with E-state index in [1.807, 2.05) is 18.2 Å². The lowest BCUT2D eigenvalue weighted by atomic mass is 10.2. The monoisotopic (exact) mass is 333 g/mol. The van der Waals surface area contributed by atoms with Crippen LogP contribution in [-0.4, -0.2) is 27.9 Å². The molecule has 2 heterocycles. The third-order valence-electron chi connectivity index (χ3n) is 3.21. The third kappa shape index (κ3) is 3.84. The second kappa shape index (κ2) is 6.74. The fourth-order valence-electron chi connectivity index (χ4n) is 2.02. The van der Waals surface area contributed by atoms with Gasteiger partial charge >= 0.3 is 0 Å². The molecule has 0 radical (unpaired) electrons. The molecule has 2 aromatic rings. The number of ether oxygens (including phenoxy) is 2. The van der Waals surface area contributed by atoms with Gasteiger partial charge in [0.2, 0.25) is 12.7 Å². The van der Waals surface area contributed by atoms with E-state index in [1.165, 1.54) is 24.0 Å². The molecule has 2 N–H and O–H groups in total. The highest BCUT2D eigenvalue weighted by molar-refractivity contribution is 8.00. The Kier molecular flexibility index (Phi) is 4.52. The molecule has 0 spiro atoms. The lowest BCUT2D eigenvalue weighted by molar-refractivity contribution is -0.120. The van der Waals surface area contributed by atoms with Crippen molar-refractivity contribution in [2.75, 3.05) is 6.79 Å². The van der Waals surface area contributed by atoms with Crippen LogP contribution in [0, 0.1) is 0 Å². The molecule has 1 aliphatic rings. The first kappa shape index (κ1) is 15.4. The van der Waals surface area contributed by atoms with E-state index < -0.39 is 0 Å². The summed E-state index contributed by atoms with van der Waals surface area (Å²) in [7, 11) is 0. The van der Waals surface area contributed by atoms with Gasteiger partial charge in [0.25, 0.3) is 5.56 Å². The molecule has 1 aromatic heterocycles. The van der Waals surface area contributed by atoms with Crippen molar-refractivity contribution in [2.45, 2.75) is 23.9 Å². The molecule has 3 rings (SSSR count). The highest BCUT2D eigenvalue weighted by atomic mass is 32.2. The van der Waals surface area contributed by atoms with Crippen molar-refractivity contribution in [2.24, 2.45) is 0 Å². The average Bonchev–Trinajstić information content (AvgIpc) is 3.00. The molecule has 1 amide bonds. The number of thioether (sulfide) groups is 1. The van der Waals surface area contributed by atoms with Gasteiger partial charge in [-0.15, -0.1) is 0 Å². The predicted molar refractivity (Wildman–Crippen MR) is 84.6 cm³/mol. The van der Waals surface area contributed by atoms with E-state index in [4.69, 9.17) is 9.47 Å². The maximum absolute atomic E-state index is 12.1. The van der Waals surface area contributed by atoms with Gasteiger partial charge in [0.05, 0.1) is 5.25 Å². The Labute approximate surface area is 136 Å². The minimum atomic E-state index is -0.380. The van der Waals surface area contributed by atoms with E-state index in [-0.39, 0.29) is 23.5 Å². The van der Waals surface area contributed by atoms with Gasteiger partial charge in [-0.05, 0) is 24.6 Å². The average molecular weight is 333 g/mol. The number of hydrogen-bond acceptors (Lipinski definition) is 6. The Bertz CT molecular complexity index is 777. The zero-order valence-corrected chi connectivity index (χ0v) is 13.2. The Morgan fingerprint density at radius 3 is 3.04 bits per heavy atom. The van der Waals surface area contributed by atoms with Crippen molar-refractivity contribution in [1.82, 2.24) is 15.3 Å². The summed E-state index contributed by atoms with van der Waals surface area (Å²) in [5.41, 5.74) is 0.682. The summed E-state index contributed by atoms with van der Waals surface area (Å²) < 4.78 is 10.5. The molecular weight excluding hydrogens is 318 g/mol. The van der Waals surface area contributed by atoms with Crippen LogP contribution in [-0.2, 0) is 11.3 Å². The maximum atomic E-state index is 12.1. The minimum Gasteiger partial charge on any atom is -0.454 e. The van der Waals surface area contributed by atoms with Crippen LogP contribution in [0.5, 0.6) is 11.5 Å². The summed E-state index contributed by atoms with van der Waals surface area (Å²) >= 11 is 1.20. The van der Waals surface area contributed by atoms with Gasteiger partial charge in [0.1, 0.15) is 0 Å². The van der Waals surface area contributed by atoms with Crippen LogP contribution in [0.25, 0.3) is 0 Å². The summed E-state index contributed by atoms with van der Waals surface area (Å²) in [5.74, 6) is 1.26. The highest BCUT2D eigenvalue weighted by Gasteiger charge is 2.17. The normalized spacial score (nSPS) is 13.6. The molecule has 23 heavy (non-hydrogen) atoms. The lowest BCUT2D eigenvalue weighted by Gasteiger charge is -2.11. The number of aromatic nitrogens is 2. The largest absolute Gasteiger partial charge is 0.454 e. The molecule has 8 heteroatoms. The summed E-state index contributed by atoms with van der Waals surface area (Å²) in [5, 5.41) is 2.89. The second-order valence-corrected chi connectivity index (χ2v) is 6.23. The van der Waals surface area contributed by atoms with E-state index in [0.717, 1.165) is 5.56 Å². The fourth-order valence-corrected chi connectivity index (χ4v) is 2.82. The molecule has 0 bridgehead atoms. The van der Waals surface area contributed by atoms with Gasteiger partial charge in [0.15, 0.2) is 16.7 Å². The van der Waals surface area contributed by atoms with Crippen LogP contribution in [0.15, 0.2) is 40.4 Å². The van der Waals surface area contributed by atoms with Crippen LogP contribution in [0.1, 0.15) is 12.5 Å². The van der Waals surface area contributed by atoms with Crippen LogP contribution in [0.2, 0.25) is 0 Å². The topological polar surface area (TPSA) is 93.3 Å². The van der Waals surface area contributed by atoms with E-state index in [0.29, 0.717) is 23.2 Å². The van der Waals surface area contributed by atoms with Crippen LogP contribution in [0.4, 0.5) is 0 Å². The van der Waals surface area contributed by atoms with E-state index >= 15 is 0 Å². The van der Waals surface area contributed by atoms with Gasteiger partial charge in [-0.25, -0.2) is 4.98 Å². The van der Waals surface area contributed by atoms with Crippen molar-refractivity contribution >= 4 is 17.7 Å². The Morgan fingerprint density at radius 2 is 2.22 bits per heavy atom. The summed E-state index contributed by atoms with van der Waals surface area (Å²) in [6, 6.07) is 6.87. The first-order valence-corrected chi connectivity index (χ1v) is 7.88. The number of fused-ring (bicyclic) bond motifs is 1. The highest BCUT2D eigenvalue weighted by Crippen LogP contribution is 2.32. The molecule has 120 valence electrons. The molecule has 1 aromatic carbocycles. The zero-order chi connectivity index (χ0) is 16.2. The van der Waals surface area contributed by atoms with Crippen molar-refractivity contribution in [3.8, 4) is 11.5 Å². The summed E-state index contributed by atoms with van der Waals surface area (Å²) in [4.78, 5) is 29.9. The van der Waals surface area contributed by atoms with Crippen LogP contribution < -0.4 is 20.3 Å². The number of amides is 1. The van der Waals surface area contributed by atoms with Gasteiger partial charge in [-0.1, -0.05) is 17.8 Å². The maximum Gasteiger partial charge on any atom is 0.251 e. The molecule has 7 nitrogen and oxygen atoms in total. The quantitative estimate of drug-likeness (QED) is 0.633. The van der Waals surface area contributed by atoms with Gasteiger partial charge in [-0.3, -0.25) is 9.59 Å². The van der Waals surface area contributed by atoms with Crippen LogP contribution in [0.3, 0.4) is 0 Å². The Morgan fingerprint density at radius 1 is 1.39 bits per heavy atom. The third-order valence-corrected chi connectivity index (χ3v) is 4.21. The number of nitrogens with zero attached hydrogens (tertiary/aromatic N) is 1. The fraction of sp³-hybridized carbons (Fsp3) is 0.267. The molecule has 0 unspecified atom stereocenters. The molecule has 0 fully saturated rings. The number of nitrogens with one attached hydrogen (secondary N) is 2. The first-order valence-electron chi connectivity index (χ1n) is 7.00. The number of hydrogen-bond donors (Lipinski definition) is 2. The number of benzene rings is 1. The Hall–Kier alpha value is -2.48. The van der Waals surface area contributed by atoms with Crippen molar-refractivity contribution in [1.29, 1.82) is 0 Å². The summed E-state index contributed by atoms with van der Waals surface area (Å²) in [6.07, 6.45) is 1.42. The number of carbonyl (C=O) groups is 1. The second-order valence-electron chi connectivity index (χ2n) is 4.90. The van der Waals surface area contributed by atoms with Crippen molar-refractivity contribution < 1.29 is 14.3 Å². The molecule has 0 saturated carbocycles. The van der Waals surface area contributed by atoms with Gasteiger partial charge in [-0.2, -0.15) is 0 Å². The number of aromatic amines is 1. The predicted octanol–water partition coefficient (Wildman–Crippen LogP) is 1.30. The molecule has 1 atom stereocenters. The number of rotatable bonds is 5. The van der Waals surface area contributed by atoms with Gasteiger partial charge in [0, 0.05) is 18.8 Å². The van der Waals surface area contributed by atoms with E-state index in [2.05, 4.69) is 15.3 Å². The Balaban J connectivity index is 1.55. The van der Waals surface area contributed by atoms with Gasteiger partial charge < -0.3 is 19.8 Å². The van der Waals surface area contributed by atoms with Crippen molar-refractivity contribution in [3.05, 3.63) is 46.4 Å². The van der Waals surface area contributed by atoms with E-state index in [9.17, 15) is 9.59 Å². The SMILES string of the molecule is C[C@@H](Sc1nccc(=O)[nH]1)C(=O)NCc1ccc2c(c1)OCO2. The molecule has 1 aliphatic heterocycles. The molecule has 0 aliphatic carbocycles. The zero-order valence-electron chi connectivity index (χ0n) is 12.4. The molecule has 0 saturated heterocycles. The standard InChI is InChI=1S/C15H15N3O4S/c1-9(23-15-16-5-4-13(19)18-15)14(20)17-7-10-2-3-11-12(6-10)22-8-21-11/h2-6,9H,7-8H2,1H3,(H,17,20)(H,16,18,19)/t9-/m1/s1. The minimum absolute atomic E-state index is 0.140.